The average Bonchev–Trinajstić information content (AvgIpc) is 2.54. The first-order chi connectivity index (χ1) is 11.0. The van der Waals surface area contributed by atoms with E-state index in [0.717, 1.165) is 4.68 Å². The van der Waals surface area contributed by atoms with Crippen molar-refractivity contribution in [2.75, 3.05) is 13.2 Å². The van der Waals surface area contributed by atoms with Gasteiger partial charge in [-0.1, -0.05) is 0 Å². The third kappa shape index (κ3) is 4.64. The van der Waals surface area contributed by atoms with E-state index >= 15 is 0 Å². The minimum Gasteiger partial charge on any atom is -0.492 e. The highest BCUT2D eigenvalue weighted by Gasteiger charge is 2.16. The Kier molecular flexibility index (Phi) is 5.46. The maximum absolute atomic E-state index is 12.7. The molecule has 0 saturated carbocycles. The maximum atomic E-state index is 12.7. The lowest BCUT2D eigenvalue weighted by molar-refractivity contribution is -0.124. The lowest BCUT2D eigenvalue weighted by Crippen LogP contribution is -2.38. The van der Waals surface area contributed by atoms with Gasteiger partial charge < -0.3 is 10.1 Å². The second-order valence-electron chi connectivity index (χ2n) is 5.03. The number of aryl methyl sites for hydroxylation is 1. The highest BCUT2D eigenvalue weighted by molar-refractivity contribution is 5.79. The summed E-state index contributed by atoms with van der Waals surface area (Å²) in [6.45, 7) is 3.85. The number of nitrogens with one attached hydrogen (secondary N) is 1. The van der Waals surface area contributed by atoms with E-state index < -0.39 is 6.04 Å². The first-order valence-corrected chi connectivity index (χ1v) is 7.20. The molecule has 0 fully saturated rings. The van der Waals surface area contributed by atoms with Gasteiger partial charge in [-0.05, 0) is 44.2 Å². The summed E-state index contributed by atoms with van der Waals surface area (Å²) in [5, 5.41) is 6.73. The summed E-state index contributed by atoms with van der Waals surface area (Å²) < 4.78 is 19.3. The van der Waals surface area contributed by atoms with E-state index in [-0.39, 0.29) is 30.4 Å². The van der Waals surface area contributed by atoms with Gasteiger partial charge in [-0.15, -0.1) is 0 Å². The average molecular weight is 319 g/mol. The fraction of sp³-hybridized carbons (Fsp3) is 0.312. The Labute approximate surface area is 132 Å². The van der Waals surface area contributed by atoms with E-state index in [9.17, 15) is 14.0 Å². The van der Waals surface area contributed by atoms with Crippen molar-refractivity contribution in [1.82, 2.24) is 15.1 Å². The predicted octanol–water partition coefficient (Wildman–Crippen LogP) is 1.45. The molecule has 2 aromatic rings. The zero-order valence-corrected chi connectivity index (χ0v) is 13.0. The molecule has 6 nitrogen and oxygen atoms in total. The van der Waals surface area contributed by atoms with Crippen LogP contribution in [-0.2, 0) is 4.79 Å². The molecular formula is C16H18FN3O3. The number of amides is 1. The van der Waals surface area contributed by atoms with Crippen molar-refractivity contribution in [3.8, 4) is 5.75 Å². The highest BCUT2D eigenvalue weighted by atomic mass is 19.1. The molecule has 0 unspecified atom stereocenters. The summed E-state index contributed by atoms with van der Waals surface area (Å²) in [4.78, 5) is 23.8. The smallest absolute Gasteiger partial charge is 0.267 e. The number of hydrogen-bond acceptors (Lipinski definition) is 4. The lowest BCUT2D eigenvalue weighted by Gasteiger charge is -2.14. The number of carbonyl (C=O) groups is 1. The number of nitrogens with zero attached hydrogens (tertiary/aromatic N) is 2. The maximum Gasteiger partial charge on any atom is 0.267 e. The van der Waals surface area contributed by atoms with Gasteiger partial charge in [-0.3, -0.25) is 9.59 Å². The summed E-state index contributed by atoms with van der Waals surface area (Å²) in [5.74, 6) is -0.145. The number of ether oxygens (including phenoxy) is 1. The van der Waals surface area contributed by atoms with Crippen LogP contribution in [0.4, 0.5) is 4.39 Å². The molecule has 0 aliphatic carbocycles. The Bertz CT molecular complexity index is 728. The van der Waals surface area contributed by atoms with Crippen molar-refractivity contribution in [2.45, 2.75) is 19.9 Å². The summed E-state index contributed by atoms with van der Waals surface area (Å²) in [6, 6.07) is 7.88. The van der Waals surface area contributed by atoms with Gasteiger partial charge in [0.05, 0.1) is 12.2 Å². The zero-order valence-electron chi connectivity index (χ0n) is 13.0. The molecule has 0 spiro atoms. The standard InChI is InChI=1S/C16H18FN3O3/c1-11-3-8-15(21)20(19-11)12(2)16(22)18-9-10-23-14-6-4-13(17)5-7-14/h3-8,12H,9-10H2,1-2H3,(H,18,22)/t12-/m1/s1. The SMILES string of the molecule is Cc1ccc(=O)n([C@H](C)C(=O)NCCOc2ccc(F)cc2)n1. The van der Waals surface area contributed by atoms with Gasteiger partial charge in [0, 0.05) is 6.07 Å². The molecule has 23 heavy (non-hydrogen) atoms. The Hall–Kier alpha value is -2.70. The molecule has 0 aliphatic heterocycles. The number of rotatable bonds is 6. The quantitative estimate of drug-likeness (QED) is 0.818. The van der Waals surface area contributed by atoms with Gasteiger partial charge in [-0.2, -0.15) is 5.10 Å². The van der Waals surface area contributed by atoms with Crippen LogP contribution in [0.5, 0.6) is 5.75 Å². The van der Waals surface area contributed by atoms with E-state index in [0.29, 0.717) is 11.4 Å². The van der Waals surface area contributed by atoms with Crippen LogP contribution < -0.4 is 15.6 Å². The van der Waals surface area contributed by atoms with Gasteiger partial charge in [-0.25, -0.2) is 9.07 Å². The Morgan fingerprint density at radius 2 is 2.00 bits per heavy atom. The number of carbonyl (C=O) groups excluding carboxylic acids is 1. The topological polar surface area (TPSA) is 73.2 Å². The van der Waals surface area contributed by atoms with Crippen LogP contribution in [0.3, 0.4) is 0 Å². The predicted molar refractivity (Wildman–Crippen MR) is 82.8 cm³/mol. The highest BCUT2D eigenvalue weighted by Crippen LogP contribution is 2.10. The number of aromatic nitrogens is 2. The van der Waals surface area contributed by atoms with Gasteiger partial charge in [0.25, 0.3) is 5.56 Å². The summed E-state index contributed by atoms with van der Waals surface area (Å²) in [6.07, 6.45) is 0. The van der Waals surface area contributed by atoms with Crippen LogP contribution in [0.1, 0.15) is 18.7 Å². The lowest BCUT2D eigenvalue weighted by atomic mass is 10.3. The minimum absolute atomic E-state index is 0.236. The number of hydrogen-bond donors (Lipinski definition) is 1. The molecular weight excluding hydrogens is 301 g/mol. The Balaban J connectivity index is 1.83. The minimum atomic E-state index is -0.715. The monoisotopic (exact) mass is 319 g/mol. The van der Waals surface area contributed by atoms with Crippen molar-refractivity contribution >= 4 is 5.91 Å². The van der Waals surface area contributed by atoms with Crippen LogP contribution in [0.15, 0.2) is 41.2 Å². The van der Waals surface area contributed by atoms with Gasteiger partial charge in [0.1, 0.15) is 24.2 Å². The van der Waals surface area contributed by atoms with E-state index in [4.69, 9.17) is 4.74 Å². The van der Waals surface area contributed by atoms with Gasteiger partial charge >= 0.3 is 0 Å². The molecule has 1 atom stereocenters. The molecule has 1 N–H and O–H groups in total. The van der Waals surface area contributed by atoms with E-state index in [1.54, 1.807) is 19.9 Å². The third-order valence-electron chi connectivity index (χ3n) is 3.19. The molecule has 1 amide bonds. The second kappa shape index (κ2) is 7.53. The van der Waals surface area contributed by atoms with Crippen molar-refractivity contribution in [3.05, 3.63) is 58.3 Å². The summed E-state index contributed by atoms with van der Waals surface area (Å²) in [7, 11) is 0. The number of halogens is 1. The van der Waals surface area contributed by atoms with Crippen molar-refractivity contribution < 1.29 is 13.9 Å². The molecule has 1 heterocycles. The molecule has 0 radical (unpaired) electrons. The molecule has 2 rings (SSSR count). The first-order valence-electron chi connectivity index (χ1n) is 7.20. The zero-order chi connectivity index (χ0) is 16.8. The fourth-order valence-corrected chi connectivity index (χ4v) is 1.93. The molecule has 122 valence electrons. The van der Waals surface area contributed by atoms with E-state index in [1.807, 2.05) is 0 Å². The molecule has 1 aromatic heterocycles. The molecule has 0 saturated heterocycles. The number of benzene rings is 1. The molecule has 7 heteroatoms. The third-order valence-corrected chi connectivity index (χ3v) is 3.19. The molecule has 0 bridgehead atoms. The van der Waals surface area contributed by atoms with Gasteiger partial charge in [0.2, 0.25) is 5.91 Å². The summed E-state index contributed by atoms with van der Waals surface area (Å²) >= 11 is 0. The van der Waals surface area contributed by atoms with Gasteiger partial charge in [0.15, 0.2) is 0 Å². The van der Waals surface area contributed by atoms with Crippen LogP contribution in [0.2, 0.25) is 0 Å². The van der Waals surface area contributed by atoms with Crippen molar-refractivity contribution in [1.29, 1.82) is 0 Å². The normalized spacial score (nSPS) is 11.8. The summed E-state index contributed by atoms with van der Waals surface area (Å²) in [5.41, 5.74) is 0.324. The van der Waals surface area contributed by atoms with E-state index in [2.05, 4.69) is 10.4 Å². The molecule has 1 aromatic carbocycles. The second-order valence-corrected chi connectivity index (χ2v) is 5.03. The molecule has 0 aliphatic rings. The van der Waals surface area contributed by atoms with Crippen LogP contribution in [-0.4, -0.2) is 28.8 Å². The van der Waals surface area contributed by atoms with Crippen LogP contribution >= 0.6 is 0 Å². The van der Waals surface area contributed by atoms with Crippen LogP contribution in [0, 0.1) is 12.7 Å². The fourth-order valence-electron chi connectivity index (χ4n) is 1.93. The Morgan fingerprint density at radius 1 is 1.30 bits per heavy atom. The van der Waals surface area contributed by atoms with Crippen molar-refractivity contribution in [2.24, 2.45) is 0 Å². The van der Waals surface area contributed by atoms with Crippen LogP contribution in [0.25, 0.3) is 0 Å². The first kappa shape index (κ1) is 16.7. The van der Waals surface area contributed by atoms with Crippen molar-refractivity contribution in [3.63, 3.8) is 0 Å². The van der Waals surface area contributed by atoms with E-state index in [1.165, 1.54) is 30.3 Å². The Morgan fingerprint density at radius 3 is 2.70 bits per heavy atom. The largest absolute Gasteiger partial charge is 0.492 e.